The maximum Gasteiger partial charge on any atom is 0.272 e. The molecule has 1 atom stereocenters. The van der Waals surface area contributed by atoms with Crippen molar-refractivity contribution in [3.05, 3.63) is 53.1 Å². The summed E-state index contributed by atoms with van der Waals surface area (Å²) < 4.78 is 0. The summed E-state index contributed by atoms with van der Waals surface area (Å²) in [6.45, 7) is 2.30. The van der Waals surface area contributed by atoms with Gasteiger partial charge in [-0.1, -0.05) is 23.7 Å². The van der Waals surface area contributed by atoms with E-state index in [2.05, 4.69) is 15.3 Å². The van der Waals surface area contributed by atoms with Gasteiger partial charge in [0.2, 0.25) is 5.91 Å². The first-order valence-corrected chi connectivity index (χ1v) is 7.59. The first-order chi connectivity index (χ1) is 11.1. The van der Waals surface area contributed by atoms with Gasteiger partial charge in [0.05, 0.1) is 22.6 Å². The van der Waals surface area contributed by atoms with Crippen molar-refractivity contribution in [2.75, 3.05) is 11.4 Å². The highest BCUT2D eigenvalue weighted by Gasteiger charge is 2.34. The number of rotatable bonds is 3. The molecule has 23 heavy (non-hydrogen) atoms. The third kappa shape index (κ3) is 3.17. The summed E-state index contributed by atoms with van der Waals surface area (Å²) >= 11 is 6.13. The Morgan fingerprint density at radius 1 is 1.30 bits per heavy atom. The molecule has 6 nitrogen and oxygen atoms in total. The van der Waals surface area contributed by atoms with Crippen molar-refractivity contribution in [1.29, 1.82) is 0 Å². The number of halogens is 1. The number of nitrogens with zero attached hydrogens (tertiary/aromatic N) is 3. The fraction of sp³-hybridized carbons (Fsp3) is 0.250. The van der Waals surface area contributed by atoms with Crippen LogP contribution in [-0.4, -0.2) is 34.4 Å². The molecule has 1 aromatic heterocycles. The number of carbonyl (C=O) groups is 2. The molecule has 2 amide bonds. The topological polar surface area (TPSA) is 75.2 Å². The maximum absolute atomic E-state index is 12.5. The standard InChI is InChI=1S/C16H15ClN4O2/c1-10-8-19-13(9-18-10)15(22)20-12-6-7-21(16(12)23)14-5-3-2-4-11(14)17/h2-5,8-9,12H,6-7H2,1H3,(H,20,22). The second-order valence-electron chi connectivity index (χ2n) is 5.30. The van der Waals surface area contributed by atoms with E-state index >= 15 is 0 Å². The first-order valence-electron chi connectivity index (χ1n) is 7.21. The lowest BCUT2D eigenvalue weighted by Gasteiger charge is -2.18. The zero-order chi connectivity index (χ0) is 16.4. The largest absolute Gasteiger partial charge is 0.339 e. The number of hydrogen-bond acceptors (Lipinski definition) is 4. The highest BCUT2D eigenvalue weighted by molar-refractivity contribution is 6.34. The number of hydrogen-bond donors (Lipinski definition) is 1. The van der Waals surface area contributed by atoms with Gasteiger partial charge >= 0.3 is 0 Å². The van der Waals surface area contributed by atoms with Crippen LogP contribution < -0.4 is 10.2 Å². The molecule has 0 aliphatic carbocycles. The normalized spacial score (nSPS) is 17.4. The Bertz CT molecular complexity index is 748. The number of anilines is 1. The molecule has 2 heterocycles. The van der Waals surface area contributed by atoms with Crippen LogP contribution >= 0.6 is 11.6 Å². The van der Waals surface area contributed by atoms with Crippen LogP contribution in [0.2, 0.25) is 5.02 Å². The van der Waals surface area contributed by atoms with E-state index in [4.69, 9.17) is 11.6 Å². The number of benzene rings is 1. The molecule has 7 heteroatoms. The van der Waals surface area contributed by atoms with E-state index < -0.39 is 11.9 Å². The quantitative estimate of drug-likeness (QED) is 0.933. The van der Waals surface area contributed by atoms with Gasteiger partial charge in [-0.25, -0.2) is 4.98 Å². The molecule has 0 spiro atoms. The van der Waals surface area contributed by atoms with Crippen molar-refractivity contribution < 1.29 is 9.59 Å². The number of para-hydroxylation sites is 1. The van der Waals surface area contributed by atoms with Crippen LogP contribution in [0.1, 0.15) is 22.6 Å². The van der Waals surface area contributed by atoms with E-state index in [9.17, 15) is 9.59 Å². The van der Waals surface area contributed by atoms with Gasteiger partial charge in [-0.3, -0.25) is 14.6 Å². The minimum atomic E-state index is -0.582. The molecule has 1 N–H and O–H groups in total. The Labute approximate surface area is 138 Å². The van der Waals surface area contributed by atoms with E-state index in [0.29, 0.717) is 23.7 Å². The average molecular weight is 331 g/mol. The molecule has 3 rings (SSSR count). The van der Waals surface area contributed by atoms with Crippen LogP contribution in [0, 0.1) is 6.92 Å². The summed E-state index contributed by atoms with van der Waals surface area (Å²) in [7, 11) is 0. The van der Waals surface area contributed by atoms with E-state index in [-0.39, 0.29) is 11.6 Å². The monoisotopic (exact) mass is 330 g/mol. The Hall–Kier alpha value is -2.47. The second-order valence-corrected chi connectivity index (χ2v) is 5.71. The van der Waals surface area contributed by atoms with E-state index in [1.165, 1.54) is 12.4 Å². The van der Waals surface area contributed by atoms with Crippen LogP contribution in [0.4, 0.5) is 5.69 Å². The molecule has 1 aliphatic rings. The highest BCUT2D eigenvalue weighted by atomic mass is 35.5. The predicted octanol–water partition coefficient (Wildman–Crippen LogP) is 1.97. The molecule has 1 aromatic carbocycles. The molecular formula is C16H15ClN4O2. The van der Waals surface area contributed by atoms with Gasteiger partial charge in [0.15, 0.2) is 0 Å². The van der Waals surface area contributed by atoms with Crippen molar-refractivity contribution in [3.8, 4) is 0 Å². The van der Waals surface area contributed by atoms with Crippen LogP contribution in [0.15, 0.2) is 36.7 Å². The Balaban J connectivity index is 1.71. The Morgan fingerprint density at radius 3 is 2.78 bits per heavy atom. The smallest absolute Gasteiger partial charge is 0.272 e. The van der Waals surface area contributed by atoms with E-state index in [1.807, 2.05) is 12.1 Å². The summed E-state index contributed by atoms with van der Waals surface area (Å²) in [5.74, 6) is -0.580. The van der Waals surface area contributed by atoms with Crippen molar-refractivity contribution in [2.24, 2.45) is 0 Å². The molecule has 1 saturated heterocycles. The fourth-order valence-electron chi connectivity index (χ4n) is 2.47. The van der Waals surface area contributed by atoms with Crippen LogP contribution in [0.3, 0.4) is 0 Å². The summed E-state index contributed by atoms with van der Waals surface area (Å²) in [6, 6.07) is 6.57. The van der Waals surface area contributed by atoms with Gasteiger partial charge in [-0.15, -0.1) is 0 Å². The summed E-state index contributed by atoms with van der Waals surface area (Å²) in [5, 5.41) is 3.22. The number of amides is 2. The molecule has 118 valence electrons. The molecule has 1 aliphatic heterocycles. The SMILES string of the molecule is Cc1cnc(C(=O)NC2CCN(c3ccccc3Cl)C2=O)cn1. The van der Waals surface area contributed by atoms with Crippen molar-refractivity contribution >= 4 is 29.1 Å². The highest BCUT2D eigenvalue weighted by Crippen LogP contribution is 2.29. The fourth-order valence-corrected chi connectivity index (χ4v) is 2.70. The summed E-state index contributed by atoms with van der Waals surface area (Å²) in [5.41, 5.74) is 1.58. The Kier molecular flexibility index (Phi) is 4.25. The minimum Gasteiger partial charge on any atom is -0.339 e. The zero-order valence-electron chi connectivity index (χ0n) is 12.5. The summed E-state index contributed by atoms with van der Waals surface area (Å²) in [4.78, 5) is 34.3. The first kappa shape index (κ1) is 15.4. The molecule has 2 aromatic rings. The molecule has 1 fully saturated rings. The van der Waals surface area contributed by atoms with Gasteiger partial charge in [0.25, 0.3) is 5.91 Å². The van der Waals surface area contributed by atoms with Crippen LogP contribution in [0.5, 0.6) is 0 Å². The molecule has 0 bridgehead atoms. The molecule has 0 radical (unpaired) electrons. The molecule has 0 saturated carbocycles. The van der Waals surface area contributed by atoms with Crippen molar-refractivity contribution in [1.82, 2.24) is 15.3 Å². The van der Waals surface area contributed by atoms with E-state index in [0.717, 1.165) is 5.69 Å². The summed E-state index contributed by atoms with van der Waals surface area (Å²) in [6.07, 6.45) is 3.44. The lowest BCUT2D eigenvalue weighted by molar-refractivity contribution is -0.118. The number of carbonyl (C=O) groups excluding carboxylic acids is 2. The number of aromatic nitrogens is 2. The van der Waals surface area contributed by atoms with Gasteiger partial charge in [0, 0.05) is 12.7 Å². The van der Waals surface area contributed by atoms with Gasteiger partial charge < -0.3 is 10.2 Å². The van der Waals surface area contributed by atoms with Crippen LogP contribution in [-0.2, 0) is 4.79 Å². The van der Waals surface area contributed by atoms with Gasteiger partial charge in [-0.05, 0) is 25.5 Å². The molecular weight excluding hydrogens is 316 g/mol. The lowest BCUT2D eigenvalue weighted by Crippen LogP contribution is -2.41. The van der Waals surface area contributed by atoms with Gasteiger partial charge in [0.1, 0.15) is 11.7 Å². The van der Waals surface area contributed by atoms with Crippen LogP contribution in [0.25, 0.3) is 0 Å². The van der Waals surface area contributed by atoms with Crippen molar-refractivity contribution in [3.63, 3.8) is 0 Å². The van der Waals surface area contributed by atoms with Gasteiger partial charge in [-0.2, -0.15) is 0 Å². The maximum atomic E-state index is 12.5. The Morgan fingerprint density at radius 2 is 2.09 bits per heavy atom. The average Bonchev–Trinajstić information content (AvgIpc) is 2.89. The number of aryl methyl sites for hydroxylation is 1. The predicted molar refractivity (Wildman–Crippen MR) is 86.4 cm³/mol. The number of nitrogens with one attached hydrogen (secondary N) is 1. The molecule has 1 unspecified atom stereocenters. The van der Waals surface area contributed by atoms with E-state index in [1.54, 1.807) is 24.0 Å². The second kappa shape index (κ2) is 6.34. The van der Waals surface area contributed by atoms with Crippen molar-refractivity contribution in [2.45, 2.75) is 19.4 Å². The minimum absolute atomic E-state index is 0.175. The third-order valence-electron chi connectivity index (χ3n) is 3.67. The zero-order valence-corrected chi connectivity index (χ0v) is 13.2. The third-order valence-corrected chi connectivity index (χ3v) is 3.99. The lowest BCUT2D eigenvalue weighted by atomic mass is 10.2.